The number of hydrogen-bond donors (Lipinski definition) is 2. The molecule has 5 heteroatoms. The van der Waals surface area contributed by atoms with Crippen LogP contribution < -0.4 is 5.73 Å². The fourth-order valence-corrected chi connectivity index (χ4v) is 3.25. The van der Waals surface area contributed by atoms with Gasteiger partial charge in [0.25, 0.3) is 5.91 Å². The van der Waals surface area contributed by atoms with E-state index in [4.69, 9.17) is 10.5 Å². The van der Waals surface area contributed by atoms with E-state index < -0.39 is 5.91 Å². The van der Waals surface area contributed by atoms with Crippen molar-refractivity contribution >= 4 is 16.7 Å². The number of nitrogens with zero attached hydrogens (tertiary/aromatic N) is 1. The number of ether oxygens (including phenoxy) is 1. The maximum absolute atomic E-state index is 11.8. The number of primary amides is 1. The fraction of sp³-hybridized carbons (Fsp3) is 0.389. The number of rotatable bonds is 5. The Bertz CT molecular complexity index is 709. The Kier molecular flexibility index (Phi) is 4.79. The van der Waals surface area contributed by atoms with Crippen molar-refractivity contribution in [2.75, 3.05) is 32.8 Å². The second-order valence-electron chi connectivity index (χ2n) is 5.89. The molecule has 0 unspecified atom stereocenters. The summed E-state index contributed by atoms with van der Waals surface area (Å²) in [5.74, 6) is -0.604. The van der Waals surface area contributed by atoms with Crippen molar-refractivity contribution in [3.63, 3.8) is 0 Å². The second kappa shape index (κ2) is 6.98. The summed E-state index contributed by atoms with van der Waals surface area (Å²) in [6.45, 7) is 4.40. The van der Waals surface area contributed by atoms with E-state index in [0.717, 1.165) is 55.6 Å². The number of hydrogen-bond acceptors (Lipinski definition) is 4. The van der Waals surface area contributed by atoms with Gasteiger partial charge < -0.3 is 15.6 Å². The lowest BCUT2D eigenvalue weighted by molar-refractivity contribution is 0.0375. The zero-order valence-electron chi connectivity index (χ0n) is 13.1. The quantitative estimate of drug-likeness (QED) is 0.884. The predicted octanol–water partition coefficient (Wildman–Crippen LogP) is 1.91. The average molecular weight is 314 g/mol. The van der Waals surface area contributed by atoms with Crippen molar-refractivity contribution in [2.24, 2.45) is 5.73 Å². The van der Waals surface area contributed by atoms with Crippen molar-refractivity contribution in [3.05, 3.63) is 41.5 Å². The molecule has 0 atom stereocenters. The smallest absolute Gasteiger partial charge is 0.252 e. The highest BCUT2D eigenvalue weighted by atomic mass is 16.5. The monoisotopic (exact) mass is 314 g/mol. The van der Waals surface area contributed by atoms with Gasteiger partial charge in [-0.1, -0.05) is 24.3 Å². The predicted molar refractivity (Wildman–Crippen MR) is 89.7 cm³/mol. The van der Waals surface area contributed by atoms with Gasteiger partial charge in [0.2, 0.25) is 0 Å². The Morgan fingerprint density at radius 1 is 1.26 bits per heavy atom. The number of phenols is 1. The minimum absolute atomic E-state index is 0.0300. The molecule has 0 radical (unpaired) electrons. The third-order valence-corrected chi connectivity index (χ3v) is 4.39. The normalized spacial score (nSPS) is 15.8. The molecule has 5 nitrogen and oxygen atoms in total. The number of morpholine rings is 1. The molecule has 1 fully saturated rings. The van der Waals surface area contributed by atoms with Gasteiger partial charge in [-0.25, -0.2) is 0 Å². The molecular weight excluding hydrogens is 292 g/mol. The molecule has 23 heavy (non-hydrogen) atoms. The van der Waals surface area contributed by atoms with Crippen molar-refractivity contribution in [3.8, 4) is 5.75 Å². The van der Waals surface area contributed by atoms with Gasteiger partial charge in [-0.3, -0.25) is 9.69 Å². The molecule has 0 saturated carbocycles. The van der Waals surface area contributed by atoms with Crippen LogP contribution in [0.25, 0.3) is 10.8 Å². The van der Waals surface area contributed by atoms with Gasteiger partial charge in [-0.15, -0.1) is 0 Å². The number of aromatic hydroxyl groups is 1. The van der Waals surface area contributed by atoms with E-state index in [0.29, 0.717) is 6.42 Å². The van der Waals surface area contributed by atoms with Gasteiger partial charge in [-0.05, 0) is 41.8 Å². The van der Waals surface area contributed by atoms with E-state index in [1.807, 2.05) is 24.3 Å². The highest BCUT2D eigenvalue weighted by Gasteiger charge is 2.18. The third-order valence-electron chi connectivity index (χ3n) is 4.39. The summed E-state index contributed by atoms with van der Waals surface area (Å²) < 4.78 is 5.35. The van der Waals surface area contributed by atoms with Crippen LogP contribution in [0.1, 0.15) is 22.3 Å². The Morgan fingerprint density at radius 3 is 2.74 bits per heavy atom. The van der Waals surface area contributed by atoms with E-state index in [-0.39, 0.29) is 11.3 Å². The first-order valence-electron chi connectivity index (χ1n) is 8.00. The Hall–Kier alpha value is -2.11. The number of fused-ring (bicyclic) bond motifs is 1. The molecular formula is C18H22N2O3. The zero-order valence-corrected chi connectivity index (χ0v) is 13.1. The Morgan fingerprint density at radius 2 is 2.00 bits per heavy atom. The van der Waals surface area contributed by atoms with Gasteiger partial charge in [-0.2, -0.15) is 0 Å². The van der Waals surface area contributed by atoms with E-state index in [2.05, 4.69) is 4.90 Å². The van der Waals surface area contributed by atoms with E-state index in [1.165, 1.54) is 0 Å². The van der Waals surface area contributed by atoms with E-state index in [9.17, 15) is 9.90 Å². The lowest BCUT2D eigenvalue weighted by Crippen LogP contribution is -2.37. The van der Waals surface area contributed by atoms with E-state index in [1.54, 1.807) is 6.07 Å². The lowest BCUT2D eigenvalue weighted by Gasteiger charge is -2.26. The highest BCUT2D eigenvalue weighted by molar-refractivity contribution is 6.03. The minimum Gasteiger partial charge on any atom is -0.507 e. The number of nitrogens with two attached hydrogens (primary N) is 1. The molecule has 1 aliphatic rings. The summed E-state index contributed by atoms with van der Waals surface area (Å²) in [7, 11) is 0. The van der Waals surface area contributed by atoms with Crippen LogP contribution in [0.5, 0.6) is 5.75 Å². The van der Waals surface area contributed by atoms with Gasteiger partial charge in [0, 0.05) is 13.1 Å². The first kappa shape index (κ1) is 15.8. The van der Waals surface area contributed by atoms with Crippen LogP contribution in [0.2, 0.25) is 0 Å². The largest absolute Gasteiger partial charge is 0.507 e. The lowest BCUT2D eigenvalue weighted by atomic mass is 9.94. The topological polar surface area (TPSA) is 75.8 Å². The molecule has 2 aromatic rings. The summed E-state index contributed by atoms with van der Waals surface area (Å²) in [4.78, 5) is 14.1. The van der Waals surface area contributed by atoms with Crippen molar-refractivity contribution in [1.29, 1.82) is 0 Å². The molecule has 3 N–H and O–H groups in total. The second-order valence-corrected chi connectivity index (χ2v) is 5.89. The van der Waals surface area contributed by atoms with Crippen LogP contribution in [-0.4, -0.2) is 48.8 Å². The van der Waals surface area contributed by atoms with Crippen molar-refractivity contribution in [1.82, 2.24) is 4.90 Å². The molecule has 0 spiro atoms. The number of carbonyl (C=O) groups excluding carboxylic acids is 1. The van der Waals surface area contributed by atoms with Crippen LogP contribution in [0.3, 0.4) is 0 Å². The van der Waals surface area contributed by atoms with Gasteiger partial charge >= 0.3 is 0 Å². The van der Waals surface area contributed by atoms with Gasteiger partial charge in [0.1, 0.15) is 5.75 Å². The molecule has 0 aromatic heterocycles. The maximum Gasteiger partial charge on any atom is 0.252 e. The number of aryl methyl sites for hydroxylation is 1. The molecule has 0 bridgehead atoms. The standard InChI is InChI=1S/C18H22N2O3/c19-18(22)17-15(6-3-7-20-8-10-23-11-9-20)14-5-2-1-4-13(14)12-16(17)21/h1-2,4-5,12,21H,3,6-11H2,(H2,19,22). The molecule has 1 aliphatic heterocycles. The fourth-order valence-electron chi connectivity index (χ4n) is 3.25. The van der Waals surface area contributed by atoms with Crippen LogP contribution in [0.15, 0.2) is 30.3 Å². The number of carbonyl (C=O) groups is 1. The molecule has 1 saturated heterocycles. The Labute approximate surface area is 135 Å². The van der Waals surface area contributed by atoms with E-state index >= 15 is 0 Å². The summed E-state index contributed by atoms with van der Waals surface area (Å²) >= 11 is 0. The summed E-state index contributed by atoms with van der Waals surface area (Å²) in [5, 5.41) is 12.1. The Balaban J connectivity index is 1.85. The molecule has 2 aromatic carbocycles. The molecule has 122 valence electrons. The molecule has 1 heterocycles. The number of amides is 1. The summed E-state index contributed by atoms with van der Waals surface area (Å²) in [5.41, 5.74) is 6.60. The van der Waals surface area contributed by atoms with Crippen LogP contribution in [0.4, 0.5) is 0 Å². The van der Waals surface area contributed by atoms with Crippen LogP contribution in [-0.2, 0) is 11.2 Å². The highest BCUT2D eigenvalue weighted by Crippen LogP contribution is 2.31. The molecule has 0 aliphatic carbocycles. The molecule has 1 amide bonds. The van der Waals surface area contributed by atoms with Crippen LogP contribution in [0, 0.1) is 0 Å². The van der Waals surface area contributed by atoms with Gasteiger partial charge in [0.15, 0.2) is 0 Å². The maximum atomic E-state index is 11.8. The zero-order chi connectivity index (χ0) is 16.2. The summed E-state index contributed by atoms with van der Waals surface area (Å²) in [6.07, 6.45) is 1.62. The third kappa shape index (κ3) is 3.46. The first-order chi connectivity index (χ1) is 11.2. The average Bonchev–Trinajstić information content (AvgIpc) is 2.55. The van der Waals surface area contributed by atoms with Crippen LogP contribution >= 0.6 is 0 Å². The van der Waals surface area contributed by atoms with Crippen molar-refractivity contribution < 1.29 is 14.6 Å². The number of benzene rings is 2. The molecule has 3 rings (SSSR count). The SMILES string of the molecule is NC(=O)c1c(O)cc2ccccc2c1CCCN1CCOCC1. The first-order valence-corrected chi connectivity index (χ1v) is 8.00. The van der Waals surface area contributed by atoms with Gasteiger partial charge in [0.05, 0.1) is 18.8 Å². The van der Waals surface area contributed by atoms with Crippen molar-refractivity contribution in [2.45, 2.75) is 12.8 Å². The minimum atomic E-state index is -0.574. The summed E-state index contributed by atoms with van der Waals surface area (Å²) in [6, 6.07) is 9.39.